The van der Waals surface area contributed by atoms with Gasteiger partial charge in [0.25, 0.3) is 0 Å². The highest BCUT2D eigenvalue weighted by atomic mass is 16.5. The highest BCUT2D eigenvalue weighted by Crippen LogP contribution is 2.44. The van der Waals surface area contributed by atoms with Crippen LogP contribution in [0.15, 0.2) is 48.5 Å². The number of carboxylic acids is 1. The summed E-state index contributed by atoms with van der Waals surface area (Å²) in [7, 11) is 0. The molecule has 2 aromatic rings. The number of aliphatic carboxylic acids is 1. The van der Waals surface area contributed by atoms with E-state index in [1.807, 2.05) is 31.2 Å². The van der Waals surface area contributed by atoms with E-state index < -0.39 is 12.1 Å². The smallest absolute Gasteiger partial charge is 0.407 e. The van der Waals surface area contributed by atoms with Crippen molar-refractivity contribution in [3.05, 3.63) is 59.7 Å². The van der Waals surface area contributed by atoms with Crippen LogP contribution in [0.25, 0.3) is 11.1 Å². The second-order valence-electron chi connectivity index (χ2n) is 9.81. The largest absolute Gasteiger partial charge is 0.481 e. The maximum atomic E-state index is 12.4. The molecule has 186 valence electrons. The number of carbonyl (C=O) groups excluding carboxylic acids is 2. The van der Waals surface area contributed by atoms with Crippen molar-refractivity contribution < 1.29 is 24.2 Å². The number of hydrogen-bond acceptors (Lipinski definition) is 4. The fraction of sp³-hybridized carbons (Fsp3) is 0.464. The molecule has 7 heteroatoms. The molecular weight excluding hydrogens is 444 g/mol. The molecule has 0 aliphatic heterocycles. The number of amides is 2. The van der Waals surface area contributed by atoms with Gasteiger partial charge in [0.15, 0.2) is 0 Å². The lowest BCUT2D eigenvalue weighted by Gasteiger charge is -2.20. The van der Waals surface area contributed by atoms with Crippen molar-refractivity contribution >= 4 is 18.0 Å². The lowest BCUT2D eigenvalue weighted by Crippen LogP contribution is -2.38. The van der Waals surface area contributed by atoms with Crippen LogP contribution in [0, 0.1) is 11.8 Å². The number of rotatable bonds is 10. The van der Waals surface area contributed by atoms with Gasteiger partial charge >= 0.3 is 12.1 Å². The van der Waals surface area contributed by atoms with Crippen molar-refractivity contribution in [2.75, 3.05) is 13.2 Å². The lowest BCUT2D eigenvalue weighted by molar-refractivity contribution is -0.138. The molecule has 0 spiro atoms. The van der Waals surface area contributed by atoms with E-state index in [1.165, 1.54) is 22.3 Å². The third-order valence-corrected chi connectivity index (χ3v) is 7.25. The molecule has 7 nitrogen and oxygen atoms in total. The van der Waals surface area contributed by atoms with Gasteiger partial charge in [-0.3, -0.25) is 9.59 Å². The van der Waals surface area contributed by atoms with Crippen LogP contribution in [0.5, 0.6) is 0 Å². The number of carboxylic acid groups (broad SMARTS) is 1. The Labute approximate surface area is 206 Å². The summed E-state index contributed by atoms with van der Waals surface area (Å²) in [6.07, 6.45) is 3.26. The number of alkyl carbamates (subject to hydrolysis) is 1. The molecule has 0 saturated heterocycles. The number of ether oxygens (including phenoxy) is 1. The number of fused-ring (bicyclic) bond motifs is 3. The third kappa shape index (κ3) is 6.21. The Bertz CT molecular complexity index is 1020. The molecule has 1 fully saturated rings. The lowest BCUT2D eigenvalue weighted by atomic mass is 9.98. The number of benzene rings is 2. The molecular formula is C28H34N2O5. The van der Waals surface area contributed by atoms with Crippen molar-refractivity contribution in [3.63, 3.8) is 0 Å². The predicted octanol–water partition coefficient (Wildman–Crippen LogP) is 4.70. The summed E-state index contributed by atoms with van der Waals surface area (Å²) in [5, 5.41) is 14.9. The fourth-order valence-corrected chi connectivity index (χ4v) is 5.36. The van der Waals surface area contributed by atoms with Gasteiger partial charge in [0.05, 0.1) is 6.42 Å². The minimum absolute atomic E-state index is 0.0177. The molecule has 3 N–H and O–H groups in total. The molecule has 0 bridgehead atoms. The third-order valence-electron chi connectivity index (χ3n) is 7.25. The van der Waals surface area contributed by atoms with E-state index in [4.69, 9.17) is 9.84 Å². The van der Waals surface area contributed by atoms with Crippen molar-refractivity contribution in [2.45, 2.75) is 57.4 Å². The minimum atomic E-state index is -0.816. The van der Waals surface area contributed by atoms with E-state index in [2.05, 4.69) is 34.9 Å². The van der Waals surface area contributed by atoms with E-state index in [0.717, 1.165) is 19.3 Å². The zero-order valence-electron chi connectivity index (χ0n) is 20.2. The summed E-state index contributed by atoms with van der Waals surface area (Å²) in [5.41, 5.74) is 4.73. The molecule has 2 aliphatic rings. The molecule has 2 aromatic carbocycles. The van der Waals surface area contributed by atoms with E-state index in [0.29, 0.717) is 19.4 Å². The molecule has 1 saturated carbocycles. The van der Waals surface area contributed by atoms with Crippen LogP contribution in [-0.2, 0) is 14.3 Å². The average molecular weight is 479 g/mol. The first-order chi connectivity index (χ1) is 16.9. The first-order valence-corrected chi connectivity index (χ1v) is 12.5. The summed E-state index contributed by atoms with van der Waals surface area (Å²) in [6, 6.07) is 16.4. The standard InChI is InChI=1S/C28H34N2O5/c1-18(13-14-26(31)30-25-12-6-7-19(25)15-27(32)33)16-29-28(34)35-17-24-22-10-4-2-8-20(22)21-9-3-5-11-23(21)24/h2-5,8-11,18-19,24-25H,6-7,12-17H2,1H3,(H,29,34)(H,30,31)(H,32,33). The van der Waals surface area contributed by atoms with Gasteiger partial charge in [-0.15, -0.1) is 0 Å². The van der Waals surface area contributed by atoms with Crippen LogP contribution < -0.4 is 10.6 Å². The van der Waals surface area contributed by atoms with Gasteiger partial charge in [-0.2, -0.15) is 0 Å². The summed E-state index contributed by atoms with van der Waals surface area (Å²) < 4.78 is 5.57. The van der Waals surface area contributed by atoms with Crippen molar-refractivity contribution in [2.24, 2.45) is 11.8 Å². The van der Waals surface area contributed by atoms with Crippen molar-refractivity contribution in [1.82, 2.24) is 10.6 Å². The van der Waals surface area contributed by atoms with E-state index in [9.17, 15) is 14.4 Å². The Balaban J connectivity index is 1.18. The highest BCUT2D eigenvalue weighted by molar-refractivity contribution is 5.79. The molecule has 2 amide bonds. The monoisotopic (exact) mass is 478 g/mol. The number of carbonyl (C=O) groups is 3. The van der Waals surface area contributed by atoms with E-state index in [-0.39, 0.29) is 42.7 Å². The topological polar surface area (TPSA) is 105 Å². The van der Waals surface area contributed by atoms with Gasteiger partial charge in [0, 0.05) is 24.9 Å². The molecule has 2 aliphatic carbocycles. The van der Waals surface area contributed by atoms with E-state index >= 15 is 0 Å². The van der Waals surface area contributed by atoms with Gasteiger partial charge < -0.3 is 20.5 Å². The van der Waals surface area contributed by atoms with Crippen molar-refractivity contribution in [3.8, 4) is 11.1 Å². The van der Waals surface area contributed by atoms with Crippen molar-refractivity contribution in [1.29, 1.82) is 0 Å². The quantitative estimate of drug-likeness (QED) is 0.459. The van der Waals surface area contributed by atoms with Gasteiger partial charge in [-0.05, 0) is 53.4 Å². The Morgan fingerprint density at radius 2 is 1.69 bits per heavy atom. The summed E-state index contributed by atoms with van der Waals surface area (Å²) in [5.74, 6) is -0.720. The molecule has 4 rings (SSSR count). The van der Waals surface area contributed by atoms with Crippen LogP contribution in [0.2, 0.25) is 0 Å². The van der Waals surface area contributed by atoms with Crippen LogP contribution >= 0.6 is 0 Å². The molecule has 35 heavy (non-hydrogen) atoms. The zero-order chi connectivity index (χ0) is 24.8. The Kier molecular flexibility index (Phi) is 8.06. The molecule has 3 atom stereocenters. The average Bonchev–Trinajstić information content (AvgIpc) is 3.41. The maximum Gasteiger partial charge on any atom is 0.407 e. The van der Waals surface area contributed by atoms with Crippen LogP contribution in [0.4, 0.5) is 4.79 Å². The van der Waals surface area contributed by atoms with Crippen LogP contribution in [-0.4, -0.2) is 42.3 Å². The predicted molar refractivity (Wildman–Crippen MR) is 133 cm³/mol. The SMILES string of the molecule is CC(CCC(=O)NC1CCCC1CC(=O)O)CNC(=O)OCC1c2ccccc2-c2ccccc21. The zero-order valence-corrected chi connectivity index (χ0v) is 20.2. The number of nitrogens with one attached hydrogen (secondary N) is 2. The molecule has 0 heterocycles. The first kappa shape index (κ1) is 24.8. The summed E-state index contributed by atoms with van der Waals surface area (Å²) in [6.45, 7) is 2.68. The van der Waals surface area contributed by atoms with Crippen LogP contribution in [0.3, 0.4) is 0 Å². The van der Waals surface area contributed by atoms with Gasteiger partial charge in [0.1, 0.15) is 6.61 Å². The Hall–Kier alpha value is -3.35. The molecule has 0 aromatic heterocycles. The first-order valence-electron chi connectivity index (χ1n) is 12.5. The Morgan fingerprint density at radius 1 is 1.03 bits per heavy atom. The maximum absolute atomic E-state index is 12.4. The second-order valence-corrected chi connectivity index (χ2v) is 9.81. The van der Waals surface area contributed by atoms with Crippen LogP contribution in [0.1, 0.15) is 62.5 Å². The minimum Gasteiger partial charge on any atom is -0.481 e. The fourth-order valence-electron chi connectivity index (χ4n) is 5.36. The number of hydrogen-bond donors (Lipinski definition) is 3. The van der Waals surface area contributed by atoms with E-state index in [1.54, 1.807) is 0 Å². The van der Waals surface area contributed by atoms with Gasteiger partial charge in [0.2, 0.25) is 5.91 Å². The van der Waals surface area contributed by atoms with Gasteiger partial charge in [-0.25, -0.2) is 4.79 Å². The normalized spacial score (nSPS) is 19.5. The highest BCUT2D eigenvalue weighted by Gasteiger charge is 2.30. The van der Waals surface area contributed by atoms with Gasteiger partial charge in [-0.1, -0.05) is 61.9 Å². The Morgan fingerprint density at radius 3 is 2.34 bits per heavy atom. The summed E-state index contributed by atoms with van der Waals surface area (Å²) >= 11 is 0. The summed E-state index contributed by atoms with van der Waals surface area (Å²) in [4.78, 5) is 35.7. The second kappa shape index (κ2) is 11.4. The molecule has 0 radical (unpaired) electrons. The molecule has 3 unspecified atom stereocenters.